The van der Waals surface area contributed by atoms with Crippen molar-refractivity contribution in [2.24, 2.45) is 0 Å². The first-order valence-electron chi connectivity index (χ1n) is 6.31. The maximum Gasteiger partial charge on any atom is 0.121 e. The second-order valence-corrected chi connectivity index (χ2v) is 4.41. The van der Waals surface area contributed by atoms with Crippen LogP contribution in [0.4, 0.5) is 0 Å². The first-order valence-corrected chi connectivity index (χ1v) is 6.31. The van der Waals surface area contributed by atoms with Gasteiger partial charge in [-0.1, -0.05) is 24.3 Å². The van der Waals surface area contributed by atoms with Crippen molar-refractivity contribution in [3.8, 4) is 17.5 Å². The van der Waals surface area contributed by atoms with E-state index in [0.717, 1.165) is 28.0 Å². The number of fused-ring (bicyclic) bond motifs is 1. The number of nitriles is 1. The Labute approximate surface area is 116 Å². The van der Waals surface area contributed by atoms with Gasteiger partial charge in [-0.3, -0.25) is 0 Å². The van der Waals surface area contributed by atoms with Crippen LogP contribution in [0.2, 0.25) is 0 Å². The van der Waals surface area contributed by atoms with Gasteiger partial charge in [0.25, 0.3) is 0 Å². The third kappa shape index (κ3) is 1.99. The molecule has 0 spiro atoms. The Balaban J connectivity index is 2.24. The maximum absolute atomic E-state index is 9.05. The van der Waals surface area contributed by atoms with Gasteiger partial charge in [-0.15, -0.1) is 0 Å². The fourth-order valence-corrected chi connectivity index (χ4v) is 2.29. The molecular formula is C16H13N3O. The molecule has 1 heterocycles. The third-order valence-electron chi connectivity index (χ3n) is 3.22. The fourth-order valence-electron chi connectivity index (χ4n) is 2.29. The highest BCUT2D eigenvalue weighted by Crippen LogP contribution is 2.24. The molecule has 1 aromatic heterocycles. The normalized spacial score (nSPS) is 10.4. The second kappa shape index (κ2) is 5.06. The minimum Gasteiger partial charge on any atom is -0.497 e. The topological polar surface area (TPSA) is 50.8 Å². The Hall–Kier alpha value is -2.80. The lowest BCUT2D eigenvalue weighted by Crippen LogP contribution is -2.02. The summed E-state index contributed by atoms with van der Waals surface area (Å²) < 4.78 is 7.06. The summed E-state index contributed by atoms with van der Waals surface area (Å²) in [6, 6.07) is 17.7. The van der Waals surface area contributed by atoms with Gasteiger partial charge in [0.15, 0.2) is 0 Å². The van der Waals surface area contributed by atoms with Crippen LogP contribution in [-0.2, 0) is 6.42 Å². The van der Waals surface area contributed by atoms with Gasteiger partial charge in [0.1, 0.15) is 5.75 Å². The van der Waals surface area contributed by atoms with Gasteiger partial charge >= 0.3 is 0 Å². The van der Waals surface area contributed by atoms with E-state index in [1.807, 2.05) is 53.2 Å². The first-order chi connectivity index (χ1) is 9.83. The van der Waals surface area contributed by atoms with E-state index in [9.17, 15) is 0 Å². The average Bonchev–Trinajstić information content (AvgIpc) is 2.87. The summed E-state index contributed by atoms with van der Waals surface area (Å²) in [6.07, 6.45) is 0.317. The second-order valence-electron chi connectivity index (χ2n) is 4.41. The maximum atomic E-state index is 9.05. The van der Waals surface area contributed by atoms with Crippen molar-refractivity contribution in [3.05, 3.63) is 54.2 Å². The number of rotatable bonds is 3. The first kappa shape index (κ1) is 12.2. The zero-order valence-electron chi connectivity index (χ0n) is 11.1. The molecule has 0 saturated heterocycles. The number of hydrogen-bond donors (Lipinski definition) is 0. The van der Waals surface area contributed by atoms with Crippen molar-refractivity contribution in [3.63, 3.8) is 0 Å². The van der Waals surface area contributed by atoms with Crippen molar-refractivity contribution in [1.82, 2.24) is 9.78 Å². The van der Waals surface area contributed by atoms with Crippen molar-refractivity contribution < 1.29 is 4.74 Å². The Morgan fingerprint density at radius 1 is 1.20 bits per heavy atom. The Morgan fingerprint density at radius 3 is 2.85 bits per heavy atom. The highest BCUT2D eigenvalue weighted by molar-refractivity contribution is 5.82. The molecule has 0 aliphatic rings. The van der Waals surface area contributed by atoms with Crippen LogP contribution in [0.1, 0.15) is 5.69 Å². The van der Waals surface area contributed by atoms with E-state index in [2.05, 4.69) is 11.2 Å². The molecule has 4 heteroatoms. The number of methoxy groups -OCH3 is 1. The van der Waals surface area contributed by atoms with E-state index in [1.165, 1.54) is 0 Å². The molecule has 3 aromatic rings. The number of aromatic nitrogens is 2. The fraction of sp³-hybridized carbons (Fsp3) is 0.125. The number of nitrogens with zero attached hydrogens (tertiary/aromatic N) is 3. The summed E-state index contributed by atoms with van der Waals surface area (Å²) in [5.41, 5.74) is 2.68. The molecule has 0 fully saturated rings. The Kier molecular flexibility index (Phi) is 3.10. The van der Waals surface area contributed by atoms with Crippen LogP contribution in [0.3, 0.4) is 0 Å². The predicted octanol–water partition coefficient (Wildman–Crippen LogP) is 3.10. The molecule has 0 saturated carbocycles. The molecule has 0 N–H and O–H groups in total. The Morgan fingerprint density at radius 2 is 2.05 bits per heavy atom. The van der Waals surface area contributed by atoms with Crippen LogP contribution in [0.15, 0.2) is 48.5 Å². The minimum atomic E-state index is 0.317. The number of benzene rings is 2. The summed E-state index contributed by atoms with van der Waals surface area (Å²) in [5.74, 6) is 0.768. The summed E-state index contributed by atoms with van der Waals surface area (Å²) >= 11 is 0. The monoisotopic (exact) mass is 263 g/mol. The highest BCUT2D eigenvalue weighted by atomic mass is 16.5. The summed E-state index contributed by atoms with van der Waals surface area (Å²) in [4.78, 5) is 0. The van der Waals surface area contributed by atoms with Gasteiger partial charge in [0, 0.05) is 11.5 Å². The van der Waals surface area contributed by atoms with Gasteiger partial charge in [-0.2, -0.15) is 10.4 Å². The summed E-state index contributed by atoms with van der Waals surface area (Å²) in [5, 5.41) is 14.7. The van der Waals surface area contributed by atoms with Crippen LogP contribution < -0.4 is 4.74 Å². The molecule has 20 heavy (non-hydrogen) atoms. The van der Waals surface area contributed by atoms with Crippen molar-refractivity contribution in [2.45, 2.75) is 6.42 Å². The SMILES string of the molecule is COc1cccc(-n2nc3ccccc3c2CC#N)c1. The lowest BCUT2D eigenvalue weighted by atomic mass is 10.1. The zero-order chi connectivity index (χ0) is 13.9. The molecule has 98 valence electrons. The molecule has 4 nitrogen and oxygen atoms in total. The van der Waals surface area contributed by atoms with E-state index in [4.69, 9.17) is 10.00 Å². The molecule has 2 aromatic carbocycles. The van der Waals surface area contributed by atoms with Crippen LogP contribution in [0, 0.1) is 11.3 Å². The molecule has 0 aliphatic carbocycles. The molecular weight excluding hydrogens is 250 g/mol. The van der Waals surface area contributed by atoms with E-state index in [-0.39, 0.29) is 0 Å². The molecule has 0 amide bonds. The van der Waals surface area contributed by atoms with Crippen LogP contribution in [-0.4, -0.2) is 16.9 Å². The zero-order valence-corrected chi connectivity index (χ0v) is 11.1. The van der Waals surface area contributed by atoms with Gasteiger partial charge in [-0.25, -0.2) is 4.68 Å². The highest BCUT2D eigenvalue weighted by Gasteiger charge is 2.12. The van der Waals surface area contributed by atoms with Crippen LogP contribution in [0.25, 0.3) is 16.6 Å². The van der Waals surface area contributed by atoms with Gasteiger partial charge in [0.05, 0.1) is 36.5 Å². The quantitative estimate of drug-likeness (QED) is 0.729. The van der Waals surface area contributed by atoms with Crippen LogP contribution in [0.5, 0.6) is 5.75 Å². The Bertz CT molecular complexity index is 799. The third-order valence-corrected chi connectivity index (χ3v) is 3.22. The van der Waals surface area contributed by atoms with Gasteiger partial charge in [-0.05, 0) is 18.2 Å². The summed E-state index contributed by atoms with van der Waals surface area (Å²) in [7, 11) is 1.63. The van der Waals surface area contributed by atoms with Crippen molar-refractivity contribution in [1.29, 1.82) is 5.26 Å². The largest absolute Gasteiger partial charge is 0.497 e. The van der Waals surface area contributed by atoms with E-state index >= 15 is 0 Å². The molecule has 0 bridgehead atoms. The smallest absolute Gasteiger partial charge is 0.121 e. The van der Waals surface area contributed by atoms with E-state index in [1.54, 1.807) is 7.11 Å². The molecule has 3 rings (SSSR count). The molecule has 0 unspecified atom stereocenters. The average molecular weight is 263 g/mol. The van der Waals surface area contributed by atoms with Gasteiger partial charge < -0.3 is 4.74 Å². The van der Waals surface area contributed by atoms with E-state index < -0.39 is 0 Å². The van der Waals surface area contributed by atoms with Crippen LogP contribution >= 0.6 is 0 Å². The van der Waals surface area contributed by atoms with E-state index in [0.29, 0.717) is 6.42 Å². The van der Waals surface area contributed by atoms with Crippen molar-refractivity contribution >= 4 is 10.9 Å². The molecule has 0 aliphatic heterocycles. The van der Waals surface area contributed by atoms with Crippen molar-refractivity contribution in [2.75, 3.05) is 7.11 Å². The molecule has 0 radical (unpaired) electrons. The lowest BCUT2D eigenvalue weighted by molar-refractivity contribution is 0.414. The lowest BCUT2D eigenvalue weighted by Gasteiger charge is -2.07. The standard InChI is InChI=1S/C16H13N3O/c1-20-13-6-4-5-12(11-13)19-16(9-10-17)14-7-2-3-8-15(14)18-19/h2-8,11H,9H2,1H3. The predicted molar refractivity (Wildman–Crippen MR) is 76.9 cm³/mol. The minimum absolute atomic E-state index is 0.317. The summed E-state index contributed by atoms with van der Waals surface area (Å²) in [6.45, 7) is 0. The molecule has 0 atom stereocenters. The number of ether oxygens (including phenoxy) is 1. The van der Waals surface area contributed by atoms with Gasteiger partial charge in [0.2, 0.25) is 0 Å². The number of hydrogen-bond acceptors (Lipinski definition) is 3.